The maximum atomic E-state index is 6.47. The number of rotatable bonds is 0. The molecule has 2 aromatic rings. The van der Waals surface area contributed by atoms with Crippen LogP contribution < -0.4 is 0 Å². The van der Waals surface area contributed by atoms with Crippen molar-refractivity contribution in [1.29, 1.82) is 0 Å². The van der Waals surface area contributed by atoms with Crippen LogP contribution in [0.25, 0.3) is 10.9 Å². The van der Waals surface area contributed by atoms with E-state index in [-0.39, 0.29) is 0 Å². The first-order valence-corrected chi connectivity index (χ1v) is 3.50. The molecule has 2 N–H and O–H groups in total. The number of para-hydroxylation sites is 1. The molecule has 0 bridgehead atoms. The highest BCUT2D eigenvalue weighted by atomic mass is 35.5. The number of nitrogens with one attached hydrogen (secondary N) is 1. The lowest BCUT2D eigenvalue weighted by molar-refractivity contribution is 0.632. The number of fused-ring (bicyclic) bond motifs is 1. The van der Waals surface area contributed by atoms with Crippen molar-refractivity contribution in [3.63, 3.8) is 0 Å². The van der Waals surface area contributed by atoms with Crippen molar-refractivity contribution < 1.29 is 4.66 Å². The van der Waals surface area contributed by atoms with Crippen LogP contribution in [0.3, 0.4) is 0 Å². The Balaban J connectivity index is 0.000000281. The summed E-state index contributed by atoms with van der Waals surface area (Å²) in [5.41, 5.74) is 1.21. The molecule has 11 heavy (non-hydrogen) atoms. The van der Waals surface area contributed by atoms with Crippen LogP contribution in [-0.4, -0.2) is 9.64 Å². The lowest BCUT2D eigenvalue weighted by atomic mass is 10.3. The van der Waals surface area contributed by atoms with Crippen LogP contribution >= 0.6 is 11.9 Å². The molecule has 0 aliphatic rings. The van der Waals surface area contributed by atoms with Crippen LogP contribution in [0.5, 0.6) is 0 Å². The number of halogens is 1. The molecule has 0 fully saturated rings. The molecule has 0 radical (unpaired) electrons. The first-order valence-electron chi connectivity index (χ1n) is 3.16. The minimum Gasteiger partial charge on any atom is -0.361 e. The summed E-state index contributed by atoms with van der Waals surface area (Å²) in [5.74, 6) is 0. The van der Waals surface area contributed by atoms with E-state index in [4.69, 9.17) is 4.66 Å². The van der Waals surface area contributed by atoms with Gasteiger partial charge < -0.3 is 4.98 Å². The van der Waals surface area contributed by atoms with Gasteiger partial charge in [-0.3, -0.25) is 4.66 Å². The van der Waals surface area contributed by atoms with E-state index in [1.807, 2.05) is 18.3 Å². The molecule has 0 aliphatic heterocycles. The van der Waals surface area contributed by atoms with Crippen molar-refractivity contribution in [2.45, 2.75) is 0 Å². The number of hydrogen-bond donors (Lipinski definition) is 2. The average Bonchev–Trinajstić information content (AvgIpc) is 2.55. The third-order valence-electron chi connectivity index (χ3n) is 1.46. The van der Waals surface area contributed by atoms with Gasteiger partial charge in [0.05, 0.1) is 11.9 Å². The Morgan fingerprint density at radius 3 is 2.55 bits per heavy atom. The van der Waals surface area contributed by atoms with Gasteiger partial charge in [-0.15, -0.1) is 0 Å². The van der Waals surface area contributed by atoms with Crippen molar-refractivity contribution in [2.75, 3.05) is 0 Å². The third-order valence-corrected chi connectivity index (χ3v) is 1.46. The molecule has 0 unspecified atom stereocenters. The van der Waals surface area contributed by atoms with E-state index >= 15 is 0 Å². The molecule has 1 heterocycles. The van der Waals surface area contributed by atoms with Gasteiger partial charge in [-0.25, -0.2) is 0 Å². The van der Waals surface area contributed by atoms with E-state index in [1.54, 1.807) is 0 Å². The summed E-state index contributed by atoms with van der Waals surface area (Å²) >= 11 is 3.64. The quantitative estimate of drug-likeness (QED) is 0.624. The standard InChI is InChI=1S/C8H7N.ClHO/c1-2-4-8-7(3-1)5-6-9-8;1-2/h1-6,9H;2H. The zero-order valence-corrected chi connectivity index (χ0v) is 6.55. The van der Waals surface area contributed by atoms with E-state index in [0.717, 1.165) is 0 Å². The summed E-state index contributed by atoms with van der Waals surface area (Å²) in [4.78, 5) is 3.12. The summed E-state index contributed by atoms with van der Waals surface area (Å²) in [6.07, 6.45) is 1.95. The molecule has 1 aromatic carbocycles. The van der Waals surface area contributed by atoms with Gasteiger partial charge in [0.1, 0.15) is 0 Å². The van der Waals surface area contributed by atoms with Crippen LogP contribution in [0.4, 0.5) is 0 Å². The molecule has 58 valence electrons. The van der Waals surface area contributed by atoms with Gasteiger partial charge in [0.25, 0.3) is 0 Å². The second-order valence-corrected chi connectivity index (χ2v) is 2.06. The summed E-state index contributed by atoms with van der Waals surface area (Å²) in [7, 11) is 0. The summed E-state index contributed by atoms with van der Waals surface area (Å²) in [6, 6.07) is 10.3. The largest absolute Gasteiger partial charge is 0.361 e. The Labute approximate surface area is 69.6 Å². The second kappa shape index (κ2) is 4.01. The molecule has 3 heteroatoms. The van der Waals surface area contributed by atoms with Crippen LogP contribution in [0.2, 0.25) is 0 Å². The number of benzene rings is 1. The maximum Gasteiger partial charge on any atom is 0.0579 e. The van der Waals surface area contributed by atoms with Crippen molar-refractivity contribution in [3.05, 3.63) is 36.5 Å². The van der Waals surface area contributed by atoms with Crippen LogP contribution in [0.1, 0.15) is 0 Å². The fraction of sp³-hybridized carbons (Fsp3) is 0. The Morgan fingerprint density at radius 2 is 1.82 bits per heavy atom. The predicted molar refractivity (Wildman–Crippen MR) is 46.4 cm³/mol. The van der Waals surface area contributed by atoms with E-state index in [9.17, 15) is 0 Å². The van der Waals surface area contributed by atoms with Gasteiger partial charge >= 0.3 is 0 Å². The van der Waals surface area contributed by atoms with Crippen LogP contribution in [0.15, 0.2) is 36.5 Å². The Bertz CT molecular complexity index is 288. The molecular formula is C8H8ClNO. The summed E-state index contributed by atoms with van der Waals surface area (Å²) in [5, 5.41) is 1.28. The molecule has 0 saturated carbocycles. The van der Waals surface area contributed by atoms with Crippen molar-refractivity contribution in [2.24, 2.45) is 0 Å². The highest BCUT2D eigenvalue weighted by Crippen LogP contribution is 2.09. The predicted octanol–water partition coefficient (Wildman–Crippen LogP) is 2.30. The third kappa shape index (κ3) is 1.73. The average molecular weight is 170 g/mol. The van der Waals surface area contributed by atoms with E-state index < -0.39 is 0 Å². The van der Waals surface area contributed by atoms with Gasteiger partial charge in [0, 0.05) is 11.7 Å². The Hall–Kier alpha value is -0.990. The fourth-order valence-corrected chi connectivity index (χ4v) is 0.995. The Kier molecular flexibility index (Phi) is 2.95. The summed E-state index contributed by atoms with van der Waals surface area (Å²) in [6.45, 7) is 0. The second-order valence-electron chi connectivity index (χ2n) is 2.06. The number of H-pyrrole nitrogens is 1. The molecule has 1 aromatic heterocycles. The normalized spacial score (nSPS) is 8.91. The number of aromatic nitrogens is 1. The zero-order valence-electron chi connectivity index (χ0n) is 5.79. The van der Waals surface area contributed by atoms with Crippen molar-refractivity contribution in [3.8, 4) is 0 Å². The van der Waals surface area contributed by atoms with Crippen LogP contribution in [-0.2, 0) is 0 Å². The van der Waals surface area contributed by atoms with E-state index in [0.29, 0.717) is 0 Å². The molecule has 0 saturated heterocycles. The molecular weight excluding hydrogens is 162 g/mol. The zero-order chi connectivity index (χ0) is 8.10. The van der Waals surface area contributed by atoms with Gasteiger partial charge in [0.15, 0.2) is 0 Å². The van der Waals surface area contributed by atoms with Crippen molar-refractivity contribution in [1.82, 2.24) is 4.98 Å². The van der Waals surface area contributed by atoms with Crippen LogP contribution in [0, 0.1) is 0 Å². The molecule has 2 rings (SSSR count). The van der Waals surface area contributed by atoms with Gasteiger partial charge in [0.2, 0.25) is 0 Å². The SMILES string of the molecule is OCl.c1ccc2[nH]ccc2c1. The maximum absolute atomic E-state index is 6.47. The smallest absolute Gasteiger partial charge is 0.0579 e. The highest BCUT2D eigenvalue weighted by molar-refractivity contribution is 6.04. The monoisotopic (exact) mass is 169 g/mol. The van der Waals surface area contributed by atoms with Gasteiger partial charge in [-0.05, 0) is 17.5 Å². The molecule has 0 spiro atoms. The minimum absolute atomic E-state index is 1.21. The van der Waals surface area contributed by atoms with E-state index in [1.165, 1.54) is 10.9 Å². The van der Waals surface area contributed by atoms with Crippen molar-refractivity contribution >= 4 is 22.8 Å². The lowest BCUT2D eigenvalue weighted by Crippen LogP contribution is -1.61. The molecule has 0 aliphatic carbocycles. The molecule has 2 nitrogen and oxygen atoms in total. The first kappa shape index (κ1) is 8.11. The van der Waals surface area contributed by atoms with Gasteiger partial charge in [-0.2, -0.15) is 0 Å². The summed E-state index contributed by atoms with van der Waals surface area (Å²) < 4.78 is 6.47. The first-order chi connectivity index (χ1) is 5.47. The molecule has 0 amide bonds. The topological polar surface area (TPSA) is 36.0 Å². The van der Waals surface area contributed by atoms with Gasteiger partial charge in [-0.1, -0.05) is 18.2 Å². The molecule has 0 atom stereocenters. The number of hydrogen-bond acceptors (Lipinski definition) is 1. The highest BCUT2D eigenvalue weighted by Gasteiger charge is 1.86. The minimum atomic E-state index is 1.21. The lowest BCUT2D eigenvalue weighted by Gasteiger charge is -1.83. The Morgan fingerprint density at radius 1 is 1.09 bits per heavy atom. The van der Waals surface area contributed by atoms with E-state index in [2.05, 4.69) is 35.0 Å². The fourth-order valence-electron chi connectivity index (χ4n) is 0.995. The number of aromatic amines is 1.